The molecule has 1 heterocycles. The van der Waals surface area contributed by atoms with Crippen molar-refractivity contribution in [3.63, 3.8) is 0 Å². The van der Waals surface area contributed by atoms with E-state index >= 15 is 0 Å². The minimum absolute atomic E-state index is 0.0464. The number of ether oxygens (including phenoxy) is 2. The summed E-state index contributed by atoms with van der Waals surface area (Å²) in [5.41, 5.74) is 0. The van der Waals surface area contributed by atoms with Gasteiger partial charge in [-0.15, -0.1) is 0 Å². The maximum atomic E-state index is 12.3. The fraction of sp³-hybridized carbons (Fsp3) is 0.917. The molecule has 2 aliphatic rings. The van der Waals surface area contributed by atoms with Gasteiger partial charge in [0.05, 0.1) is 19.6 Å². The molecule has 8 heteroatoms. The van der Waals surface area contributed by atoms with Gasteiger partial charge in [-0.3, -0.25) is 4.79 Å². The Balaban J connectivity index is 1.95. The van der Waals surface area contributed by atoms with Crippen molar-refractivity contribution >= 4 is 16.2 Å². The van der Waals surface area contributed by atoms with Crippen LogP contribution in [0.25, 0.3) is 0 Å². The van der Waals surface area contributed by atoms with Crippen molar-refractivity contribution in [2.24, 2.45) is 0 Å². The lowest BCUT2D eigenvalue weighted by atomic mass is 10.2. The Bertz CT molecular complexity index is 429. The number of methoxy groups -OCH3 is 1. The first-order valence-electron chi connectivity index (χ1n) is 6.97. The van der Waals surface area contributed by atoms with Gasteiger partial charge in [-0.05, 0) is 25.7 Å². The van der Waals surface area contributed by atoms with E-state index in [0.29, 0.717) is 13.2 Å². The number of nitrogens with zero attached hydrogens (tertiary/aromatic N) is 1. The number of esters is 1. The van der Waals surface area contributed by atoms with Gasteiger partial charge in [0.2, 0.25) is 0 Å². The second kappa shape index (κ2) is 6.84. The Kier molecular flexibility index (Phi) is 5.36. The Hall–Kier alpha value is -0.700. The lowest BCUT2D eigenvalue weighted by Crippen LogP contribution is -2.45. The predicted octanol–water partition coefficient (Wildman–Crippen LogP) is 0.0273. The van der Waals surface area contributed by atoms with Crippen LogP contribution in [0.3, 0.4) is 0 Å². The van der Waals surface area contributed by atoms with Crippen molar-refractivity contribution < 1.29 is 22.7 Å². The van der Waals surface area contributed by atoms with E-state index in [1.807, 2.05) is 0 Å². The molecule has 2 rings (SSSR count). The molecular weight excluding hydrogens is 284 g/mol. The van der Waals surface area contributed by atoms with Crippen molar-refractivity contribution in [1.29, 1.82) is 0 Å². The van der Waals surface area contributed by atoms with Crippen LogP contribution < -0.4 is 4.72 Å². The van der Waals surface area contributed by atoms with E-state index in [-0.39, 0.29) is 25.1 Å². The van der Waals surface area contributed by atoms with Crippen LogP contribution in [0.15, 0.2) is 0 Å². The van der Waals surface area contributed by atoms with E-state index in [0.717, 1.165) is 25.7 Å². The molecule has 0 aromatic carbocycles. The lowest BCUT2D eigenvalue weighted by Gasteiger charge is -2.24. The smallest absolute Gasteiger partial charge is 0.306 e. The molecule has 0 aromatic heterocycles. The molecule has 116 valence electrons. The van der Waals surface area contributed by atoms with Gasteiger partial charge in [0.15, 0.2) is 0 Å². The zero-order valence-corrected chi connectivity index (χ0v) is 12.5. The van der Waals surface area contributed by atoms with Crippen molar-refractivity contribution in [3.05, 3.63) is 0 Å². The Morgan fingerprint density at radius 2 is 2.15 bits per heavy atom. The average molecular weight is 306 g/mol. The van der Waals surface area contributed by atoms with Crippen molar-refractivity contribution in [2.45, 2.75) is 44.2 Å². The third-order valence-electron chi connectivity index (χ3n) is 3.46. The number of hydrogen-bond donors (Lipinski definition) is 1. The molecule has 0 amide bonds. The minimum Gasteiger partial charge on any atom is -0.469 e. The van der Waals surface area contributed by atoms with E-state index in [9.17, 15) is 13.2 Å². The van der Waals surface area contributed by atoms with E-state index in [1.54, 1.807) is 0 Å². The van der Waals surface area contributed by atoms with Gasteiger partial charge in [0, 0.05) is 25.7 Å². The summed E-state index contributed by atoms with van der Waals surface area (Å²) in [7, 11) is -2.26. The fourth-order valence-electron chi connectivity index (χ4n) is 2.13. The molecule has 0 spiro atoms. The number of hydrogen-bond acceptors (Lipinski definition) is 5. The topological polar surface area (TPSA) is 84.9 Å². The van der Waals surface area contributed by atoms with Crippen LogP contribution in [0.4, 0.5) is 0 Å². The molecular formula is C12H22N2O5S. The van der Waals surface area contributed by atoms with Gasteiger partial charge < -0.3 is 9.47 Å². The summed E-state index contributed by atoms with van der Waals surface area (Å²) in [5, 5.41) is 0. The maximum Gasteiger partial charge on any atom is 0.306 e. The monoisotopic (exact) mass is 306 g/mol. The largest absolute Gasteiger partial charge is 0.469 e. The van der Waals surface area contributed by atoms with Crippen molar-refractivity contribution in [2.75, 3.05) is 26.8 Å². The highest BCUT2D eigenvalue weighted by Crippen LogP contribution is 2.22. The first kappa shape index (κ1) is 15.7. The fourth-order valence-corrected chi connectivity index (χ4v) is 3.63. The molecule has 2 fully saturated rings. The normalized spacial score (nSPS) is 23.2. The van der Waals surface area contributed by atoms with E-state index in [4.69, 9.17) is 4.74 Å². The zero-order chi connectivity index (χ0) is 14.6. The Morgan fingerprint density at radius 1 is 1.40 bits per heavy atom. The molecule has 1 aliphatic carbocycles. The van der Waals surface area contributed by atoms with E-state index in [2.05, 4.69) is 9.46 Å². The lowest BCUT2D eigenvalue weighted by molar-refractivity contribution is -0.140. The molecule has 20 heavy (non-hydrogen) atoms. The highest BCUT2D eigenvalue weighted by Gasteiger charge is 2.33. The molecule has 0 radical (unpaired) electrons. The van der Waals surface area contributed by atoms with E-state index in [1.165, 1.54) is 11.4 Å². The Labute approximate surface area is 119 Å². The summed E-state index contributed by atoms with van der Waals surface area (Å²) in [6.07, 6.45) is 3.53. The molecule has 1 unspecified atom stereocenters. The minimum atomic E-state index is -3.55. The van der Waals surface area contributed by atoms with Gasteiger partial charge in [-0.1, -0.05) is 0 Å². The highest BCUT2D eigenvalue weighted by atomic mass is 32.2. The molecule has 1 N–H and O–H groups in total. The Morgan fingerprint density at radius 3 is 2.70 bits per heavy atom. The summed E-state index contributed by atoms with van der Waals surface area (Å²) >= 11 is 0. The van der Waals surface area contributed by atoms with Crippen LogP contribution in [0.2, 0.25) is 0 Å². The first-order valence-corrected chi connectivity index (χ1v) is 8.41. The molecule has 0 aromatic rings. The molecule has 1 aliphatic heterocycles. The molecule has 0 bridgehead atoms. The molecule has 1 atom stereocenters. The van der Waals surface area contributed by atoms with Gasteiger partial charge in [-0.2, -0.15) is 17.4 Å². The van der Waals surface area contributed by atoms with Crippen LogP contribution in [0.1, 0.15) is 32.1 Å². The van der Waals surface area contributed by atoms with Crippen LogP contribution >= 0.6 is 0 Å². The number of carbonyl (C=O) groups excluding carboxylic acids is 1. The standard InChI is InChI=1S/C12H22N2O5S/c1-18-12(15)6-7-14(9-11-3-2-8-19-11)20(16,17)13-10-4-5-10/h10-11,13H,2-9H2,1H3. The molecule has 1 saturated carbocycles. The average Bonchev–Trinajstić information content (AvgIpc) is 3.05. The van der Waals surface area contributed by atoms with Gasteiger partial charge in [0.1, 0.15) is 0 Å². The second-order valence-electron chi connectivity index (χ2n) is 5.22. The zero-order valence-electron chi connectivity index (χ0n) is 11.7. The number of nitrogens with one attached hydrogen (secondary N) is 1. The molecule has 1 saturated heterocycles. The van der Waals surface area contributed by atoms with Crippen LogP contribution in [0.5, 0.6) is 0 Å². The predicted molar refractivity (Wildman–Crippen MR) is 72.3 cm³/mol. The summed E-state index contributed by atoms with van der Waals surface area (Å²) in [6, 6.07) is 0.0464. The second-order valence-corrected chi connectivity index (χ2v) is 6.92. The maximum absolute atomic E-state index is 12.3. The molecule has 7 nitrogen and oxygen atoms in total. The highest BCUT2D eigenvalue weighted by molar-refractivity contribution is 7.87. The third kappa shape index (κ3) is 4.69. The van der Waals surface area contributed by atoms with E-state index < -0.39 is 16.2 Å². The number of carbonyl (C=O) groups is 1. The van der Waals surface area contributed by atoms with Gasteiger partial charge in [0.25, 0.3) is 10.2 Å². The van der Waals surface area contributed by atoms with Crippen LogP contribution in [-0.4, -0.2) is 57.6 Å². The third-order valence-corrected chi connectivity index (χ3v) is 5.10. The first-order chi connectivity index (χ1) is 9.51. The summed E-state index contributed by atoms with van der Waals surface area (Å²) < 4.78 is 38.5. The SMILES string of the molecule is COC(=O)CCN(CC1CCCO1)S(=O)(=O)NC1CC1. The summed E-state index contributed by atoms with van der Waals surface area (Å²) in [5.74, 6) is -0.413. The quantitative estimate of drug-likeness (QED) is 0.639. The van der Waals surface area contributed by atoms with Gasteiger partial charge >= 0.3 is 5.97 Å². The van der Waals surface area contributed by atoms with Crippen molar-refractivity contribution in [1.82, 2.24) is 9.03 Å². The van der Waals surface area contributed by atoms with Crippen LogP contribution in [0, 0.1) is 0 Å². The van der Waals surface area contributed by atoms with Gasteiger partial charge in [-0.25, -0.2) is 0 Å². The summed E-state index contributed by atoms with van der Waals surface area (Å²) in [4.78, 5) is 11.2. The number of rotatable bonds is 8. The van der Waals surface area contributed by atoms with Crippen molar-refractivity contribution in [3.8, 4) is 0 Å². The summed E-state index contributed by atoms with van der Waals surface area (Å²) in [6.45, 7) is 1.08. The van der Waals surface area contributed by atoms with Crippen LogP contribution in [-0.2, 0) is 24.5 Å².